The average Bonchev–Trinajstić information content (AvgIpc) is 3.27. The Bertz CT molecular complexity index is 1900. The van der Waals surface area contributed by atoms with Gasteiger partial charge in [0.15, 0.2) is 12.4 Å². The first-order valence-electron chi connectivity index (χ1n) is 14.2. The van der Waals surface area contributed by atoms with Gasteiger partial charge >= 0.3 is 5.97 Å². The van der Waals surface area contributed by atoms with E-state index in [2.05, 4.69) is 47.8 Å². The van der Waals surface area contributed by atoms with Gasteiger partial charge in [0.1, 0.15) is 0 Å². The lowest BCUT2D eigenvalue weighted by molar-refractivity contribution is -0.384. The molecule has 4 atom stereocenters. The van der Waals surface area contributed by atoms with Crippen LogP contribution in [0.4, 0.5) is 11.4 Å². The molecule has 234 valence electrons. The van der Waals surface area contributed by atoms with Crippen molar-refractivity contribution >= 4 is 93.6 Å². The van der Waals surface area contributed by atoms with Crippen LogP contribution in [0.3, 0.4) is 0 Å². The van der Waals surface area contributed by atoms with Gasteiger partial charge in [0, 0.05) is 42.8 Å². The zero-order chi connectivity index (χ0) is 32.9. The number of benzene rings is 3. The Hall–Kier alpha value is -3.81. The Morgan fingerprint density at radius 1 is 0.957 bits per heavy atom. The zero-order valence-corrected chi connectivity index (χ0v) is 28.9. The van der Waals surface area contributed by atoms with E-state index in [0.29, 0.717) is 40.7 Å². The van der Waals surface area contributed by atoms with E-state index in [4.69, 9.17) is 9.72 Å². The van der Waals surface area contributed by atoms with Gasteiger partial charge in [-0.3, -0.25) is 29.4 Å². The number of rotatable bonds is 7. The number of carbonyl (C=O) groups excluding carboxylic acids is 4. The van der Waals surface area contributed by atoms with Crippen LogP contribution in [-0.2, 0) is 14.3 Å². The quantitative estimate of drug-likeness (QED) is 0.0472. The second-order valence-corrected chi connectivity index (χ2v) is 14.5. The monoisotopic (exact) mass is 811 g/mol. The van der Waals surface area contributed by atoms with E-state index in [0.717, 1.165) is 10.0 Å². The van der Waals surface area contributed by atoms with Crippen molar-refractivity contribution in [1.29, 1.82) is 0 Å². The summed E-state index contributed by atoms with van der Waals surface area (Å²) in [5.41, 5.74) is 3.12. The summed E-state index contributed by atoms with van der Waals surface area (Å²) in [5, 5.41) is 11.4. The lowest BCUT2D eigenvalue weighted by Gasteiger charge is -2.29. The molecule has 3 aromatic carbocycles. The maximum atomic E-state index is 13.4. The third kappa shape index (κ3) is 6.03. The maximum Gasteiger partial charge on any atom is 0.339 e. The van der Waals surface area contributed by atoms with Gasteiger partial charge in [0.05, 0.1) is 39.2 Å². The smallest absolute Gasteiger partial charge is 0.339 e. The number of nitrogens with zero attached hydrogens (tertiary/aromatic N) is 3. The summed E-state index contributed by atoms with van der Waals surface area (Å²) < 4.78 is 6.15. The maximum absolute atomic E-state index is 13.4. The van der Waals surface area contributed by atoms with Crippen molar-refractivity contribution in [3.05, 3.63) is 98.0 Å². The number of fused-ring (bicyclic) bond motifs is 2. The highest BCUT2D eigenvalue weighted by Gasteiger charge is 2.52. The summed E-state index contributed by atoms with van der Waals surface area (Å²) in [6, 6.07) is 17.1. The van der Waals surface area contributed by atoms with E-state index in [1.807, 2.05) is 13.0 Å². The molecule has 2 heterocycles. The third-order valence-corrected chi connectivity index (χ3v) is 11.5. The number of halogens is 3. The summed E-state index contributed by atoms with van der Waals surface area (Å²) >= 11 is 10.7. The van der Waals surface area contributed by atoms with Crippen molar-refractivity contribution < 1.29 is 28.8 Å². The van der Waals surface area contributed by atoms with E-state index < -0.39 is 23.3 Å². The van der Waals surface area contributed by atoms with Gasteiger partial charge in [-0.15, -0.1) is 0 Å². The fourth-order valence-corrected chi connectivity index (χ4v) is 7.77. The molecular formula is C33H24Br3N3O7. The number of aryl methyl sites for hydroxylation is 1. The SMILES string of the molecule is Cc1cc(Br)cc2c(C(=O)OCC(=O)c3ccc([N+](=O)[O-])cc3)cc(-c3ccc(N4C(=O)C5CC(Br)C(Br)CC5C4=O)cc3)nc12. The molecule has 0 N–H and O–H groups in total. The molecule has 2 fully saturated rings. The van der Waals surface area contributed by atoms with Gasteiger partial charge in [-0.2, -0.15) is 0 Å². The number of pyridine rings is 1. The first kappa shape index (κ1) is 32.1. The van der Waals surface area contributed by atoms with Crippen molar-refractivity contribution in [2.24, 2.45) is 11.8 Å². The predicted molar refractivity (Wildman–Crippen MR) is 181 cm³/mol. The lowest BCUT2D eigenvalue weighted by Crippen LogP contribution is -2.34. The molecule has 1 aliphatic heterocycles. The predicted octanol–water partition coefficient (Wildman–Crippen LogP) is 7.35. The molecule has 1 aromatic heterocycles. The van der Waals surface area contributed by atoms with E-state index in [1.54, 1.807) is 36.4 Å². The van der Waals surface area contributed by atoms with Crippen LogP contribution in [0, 0.1) is 28.9 Å². The molecule has 0 spiro atoms. The first-order chi connectivity index (χ1) is 21.9. The highest BCUT2D eigenvalue weighted by Crippen LogP contribution is 2.44. The van der Waals surface area contributed by atoms with Gasteiger partial charge in [-0.1, -0.05) is 59.9 Å². The minimum atomic E-state index is -0.746. The molecule has 2 amide bonds. The van der Waals surface area contributed by atoms with Crippen LogP contribution in [0.25, 0.3) is 22.2 Å². The van der Waals surface area contributed by atoms with E-state index in [1.165, 1.54) is 29.2 Å². The largest absolute Gasteiger partial charge is 0.454 e. The van der Waals surface area contributed by atoms with Crippen LogP contribution >= 0.6 is 47.8 Å². The average molecular weight is 814 g/mol. The number of hydrogen-bond acceptors (Lipinski definition) is 8. The van der Waals surface area contributed by atoms with Crippen molar-refractivity contribution in [2.45, 2.75) is 29.4 Å². The van der Waals surface area contributed by atoms with Gasteiger partial charge in [0.25, 0.3) is 5.69 Å². The number of nitro groups is 1. The molecule has 0 radical (unpaired) electrons. The van der Waals surface area contributed by atoms with Gasteiger partial charge < -0.3 is 4.74 Å². The van der Waals surface area contributed by atoms with Crippen molar-refractivity contribution in [1.82, 2.24) is 4.98 Å². The van der Waals surface area contributed by atoms with Crippen molar-refractivity contribution in [2.75, 3.05) is 11.5 Å². The highest BCUT2D eigenvalue weighted by molar-refractivity contribution is 9.12. The molecule has 2 aliphatic rings. The van der Waals surface area contributed by atoms with Crippen LogP contribution in [0.5, 0.6) is 0 Å². The topological polar surface area (TPSA) is 137 Å². The number of imide groups is 1. The Morgan fingerprint density at radius 2 is 1.57 bits per heavy atom. The zero-order valence-electron chi connectivity index (χ0n) is 24.1. The summed E-state index contributed by atoms with van der Waals surface area (Å²) in [7, 11) is 0. The van der Waals surface area contributed by atoms with Crippen LogP contribution in [0.1, 0.15) is 39.1 Å². The van der Waals surface area contributed by atoms with Crippen molar-refractivity contribution in [3.8, 4) is 11.3 Å². The molecule has 4 unspecified atom stereocenters. The molecule has 10 nitrogen and oxygen atoms in total. The van der Waals surface area contributed by atoms with Gasteiger partial charge in [0.2, 0.25) is 11.8 Å². The molecule has 1 aliphatic carbocycles. The second-order valence-electron chi connectivity index (χ2n) is 11.3. The van der Waals surface area contributed by atoms with E-state index in [-0.39, 0.29) is 50.1 Å². The molecule has 4 aromatic rings. The van der Waals surface area contributed by atoms with Crippen LogP contribution in [0.2, 0.25) is 0 Å². The standard InChI is InChI=1S/C33H24Br3N3O7/c1-16-10-19(34)11-22-25(33(43)46-15-29(40)18-4-8-21(9-5-18)39(44)45)14-28(37-30(16)22)17-2-6-20(7-3-17)38-31(41)23-12-26(35)27(36)13-24(23)32(38)42/h2-11,14,23-24,26-27H,12-13,15H2,1H3. The molecular weight excluding hydrogens is 790 g/mol. The normalized spacial score (nSPS) is 20.9. The van der Waals surface area contributed by atoms with Crippen LogP contribution in [-0.4, -0.2) is 49.7 Å². The lowest BCUT2D eigenvalue weighted by atomic mass is 9.81. The number of alkyl halides is 2. The number of ether oxygens (including phenoxy) is 1. The molecule has 6 rings (SSSR count). The number of amides is 2. The summed E-state index contributed by atoms with van der Waals surface area (Å²) in [5.74, 6) is -2.40. The van der Waals surface area contributed by atoms with Crippen LogP contribution < -0.4 is 4.90 Å². The number of Topliss-reactive ketones (excluding diaryl/α,β-unsaturated/α-hetero) is 1. The Kier molecular flexibility index (Phi) is 8.92. The molecule has 1 saturated heterocycles. The number of anilines is 1. The Balaban J connectivity index is 1.28. The Labute approximate surface area is 288 Å². The van der Waals surface area contributed by atoms with Gasteiger partial charge in [-0.25, -0.2) is 9.78 Å². The fraction of sp³-hybridized carbons (Fsp3) is 0.242. The number of non-ortho nitro benzene ring substituents is 1. The minimum absolute atomic E-state index is 0.109. The van der Waals surface area contributed by atoms with E-state index >= 15 is 0 Å². The first-order valence-corrected chi connectivity index (χ1v) is 16.9. The van der Waals surface area contributed by atoms with Gasteiger partial charge in [-0.05, 0) is 67.8 Å². The summed E-state index contributed by atoms with van der Waals surface area (Å²) in [4.78, 5) is 69.3. The molecule has 1 saturated carbocycles. The van der Waals surface area contributed by atoms with Crippen LogP contribution in [0.15, 0.2) is 71.2 Å². The third-order valence-electron chi connectivity index (χ3n) is 8.36. The fourth-order valence-electron chi connectivity index (χ4n) is 5.97. The summed E-state index contributed by atoms with van der Waals surface area (Å²) in [6.07, 6.45) is 1.16. The highest BCUT2D eigenvalue weighted by atomic mass is 79.9. The number of carbonyl (C=O) groups is 4. The number of nitro benzene ring substituents is 1. The molecule has 46 heavy (non-hydrogen) atoms. The second kappa shape index (κ2) is 12.8. The summed E-state index contributed by atoms with van der Waals surface area (Å²) in [6.45, 7) is 1.29. The number of hydrogen-bond donors (Lipinski definition) is 0. The Morgan fingerprint density at radius 3 is 2.15 bits per heavy atom. The number of esters is 1. The van der Waals surface area contributed by atoms with E-state index in [9.17, 15) is 29.3 Å². The molecule has 0 bridgehead atoms. The van der Waals surface area contributed by atoms with Crippen molar-refractivity contribution in [3.63, 3.8) is 0 Å². The number of aromatic nitrogens is 1. The molecule has 13 heteroatoms. The minimum Gasteiger partial charge on any atom is -0.454 e. The number of ketones is 1.